The van der Waals surface area contributed by atoms with E-state index in [0.717, 1.165) is 0 Å². The molecule has 0 spiro atoms. The van der Waals surface area contributed by atoms with Gasteiger partial charge >= 0.3 is 0 Å². The maximum atomic E-state index is 2.34. The molecule has 0 aliphatic heterocycles. The first-order chi connectivity index (χ1) is 29.7. The largest absolute Gasteiger partial charge is 0.133 e. The van der Waals surface area contributed by atoms with E-state index in [-0.39, 0.29) is 0 Å². The molecule has 16 rings (SSSR count). The summed E-state index contributed by atoms with van der Waals surface area (Å²) in [6.45, 7) is 0. The molecule has 5 heterocycles. The molecule has 10 heteroatoms. The Morgan fingerprint density at radius 1 is 0.150 bits per heavy atom. The summed E-state index contributed by atoms with van der Waals surface area (Å²) in [4.78, 5) is 0. The van der Waals surface area contributed by atoms with Crippen molar-refractivity contribution in [2.24, 2.45) is 0 Å². The highest BCUT2D eigenvalue weighted by Gasteiger charge is 2.33. The molecule has 0 aliphatic carbocycles. The lowest BCUT2D eigenvalue weighted by atomic mass is 9.99. The lowest BCUT2D eigenvalue weighted by molar-refractivity contribution is 1.88. The Bertz CT molecular complexity index is 3710. The van der Waals surface area contributed by atoms with Crippen molar-refractivity contribution in [2.45, 2.75) is 0 Å². The van der Waals surface area contributed by atoms with Crippen LogP contribution in [0.3, 0.4) is 0 Å². The fraction of sp³-hybridized carbons (Fsp3) is 0. The normalized spacial score (nSPS) is 13.0. The van der Waals surface area contributed by atoms with E-state index < -0.39 is 0 Å². The minimum Gasteiger partial charge on any atom is -0.133 e. The average Bonchev–Trinajstić information content (AvgIpc) is 3.63. The monoisotopic (exact) mass is 940 g/mol. The second-order valence-corrected chi connectivity index (χ2v) is 25.8. The first-order valence-electron chi connectivity index (χ1n) is 19.5. The van der Waals surface area contributed by atoms with Crippen LogP contribution in [0.1, 0.15) is 0 Å². The van der Waals surface area contributed by atoms with E-state index in [4.69, 9.17) is 0 Å². The Kier molecular flexibility index (Phi) is 6.55. The van der Waals surface area contributed by atoms with E-state index in [1.807, 2.05) is 113 Å². The lowest BCUT2D eigenvalue weighted by Crippen LogP contribution is -1.85. The molecule has 0 radical (unpaired) electrons. The van der Waals surface area contributed by atoms with Crippen molar-refractivity contribution in [1.29, 1.82) is 0 Å². The summed E-state index contributed by atoms with van der Waals surface area (Å²) < 4.78 is 27.9. The van der Waals surface area contributed by atoms with Crippen molar-refractivity contribution < 1.29 is 0 Å². The molecule has 0 unspecified atom stereocenters. The van der Waals surface area contributed by atoms with Crippen molar-refractivity contribution in [1.82, 2.24) is 0 Å². The van der Waals surface area contributed by atoms with Gasteiger partial charge in [-0.2, -0.15) is 0 Å². The van der Waals surface area contributed by atoms with E-state index >= 15 is 0 Å². The van der Waals surface area contributed by atoms with Gasteiger partial charge in [0.15, 0.2) is 0 Å². The smallest absolute Gasteiger partial charge is 0.0549 e. The van der Waals surface area contributed by atoms with Gasteiger partial charge in [0, 0.05) is 101 Å². The third-order valence-corrected chi connectivity index (χ3v) is 25.3. The highest BCUT2D eigenvalue weighted by Crippen LogP contribution is 2.64. The summed E-state index contributed by atoms with van der Waals surface area (Å²) >= 11 is 20.1. The summed E-state index contributed by atoms with van der Waals surface area (Å²) in [7, 11) is 0. The molecule has 0 saturated heterocycles. The zero-order valence-corrected chi connectivity index (χ0v) is 38.8. The quantitative estimate of drug-likeness (QED) is 0.105. The zero-order valence-electron chi connectivity index (χ0n) is 30.6. The van der Waals surface area contributed by atoms with Crippen molar-refractivity contribution in [3.8, 4) is 0 Å². The molecule has 11 aromatic carbocycles. The van der Waals surface area contributed by atoms with Crippen LogP contribution < -0.4 is 0 Å². The van der Waals surface area contributed by atoms with E-state index in [1.165, 1.54) is 148 Å². The Labute approximate surface area is 378 Å². The second-order valence-electron chi connectivity index (χ2n) is 15.3. The molecule has 60 heavy (non-hydrogen) atoms. The summed E-state index contributed by atoms with van der Waals surface area (Å²) in [5.74, 6) is 0. The number of rotatable bonds is 0. The van der Waals surface area contributed by atoms with Gasteiger partial charge in [0.2, 0.25) is 0 Å². The van der Waals surface area contributed by atoms with Crippen molar-refractivity contribution in [2.75, 3.05) is 0 Å². The highest BCUT2D eigenvalue weighted by molar-refractivity contribution is 7.43. The van der Waals surface area contributed by atoms with Crippen LogP contribution in [-0.2, 0) is 0 Å². The van der Waals surface area contributed by atoms with Crippen LogP contribution in [0.25, 0.3) is 148 Å². The predicted octanol–water partition coefficient (Wildman–Crippen LogP) is 20.7. The summed E-state index contributed by atoms with van der Waals surface area (Å²) in [6.07, 6.45) is 0. The van der Waals surface area contributed by atoms with Crippen LogP contribution >= 0.6 is 113 Å². The predicted molar refractivity (Wildman–Crippen MR) is 285 cm³/mol. The van der Waals surface area contributed by atoms with Crippen LogP contribution in [0, 0.1) is 0 Å². The Morgan fingerprint density at radius 2 is 0.267 bits per heavy atom. The molecule has 16 aromatic rings. The van der Waals surface area contributed by atoms with Gasteiger partial charge in [-0.15, -0.1) is 113 Å². The van der Waals surface area contributed by atoms with Crippen LogP contribution in [0.4, 0.5) is 0 Å². The third kappa shape index (κ3) is 4.10. The number of hydrogen-bond donors (Lipinski definition) is 0. The number of benzene rings is 10. The van der Waals surface area contributed by atoms with Gasteiger partial charge in [-0.3, -0.25) is 0 Å². The van der Waals surface area contributed by atoms with Gasteiger partial charge in [0.05, 0.1) is 47.0 Å². The summed E-state index contributed by atoms with van der Waals surface area (Å²) in [6, 6.07) is 45.6. The lowest BCUT2D eigenvalue weighted by Gasteiger charge is -2.16. The minimum absolute atomic E-state index is 1.36. The first kappa shape index (κ1) is 33.3. The van der Waals surface area contributed by atoms with Gasteiger partial charge < -0.3 is 0 Å². The molecule has 0 nitrogen and oxygen atoms in total. The summed E-state index contributed by atoms with van der Waals surface area (Å²) in [5, 5.41) is 14.7. The van der Waals surface area contributed by atoms with E-state index in [9.17, 15) is 0 Å². The topological polar surface area (TPSA) is 0 Å². The Morgan fingerprint density at radius 3 is 0.383 bits per heavy atom. The Hall–Kier alpha value is -4.30. The van der Waals surface area contributed by atoms with Gasteiger partial charge in [0.25, 0.3) is 0 Å². The molecule has 0 aliphatic rings. The van der Waals surface area contributed by atoms with Crippen molar-refractivity contribution in [3.05, 3.63) is 121 Å². The molecular formula is C50H20S10. The van der Waals surface area contributed by atoms with Crippen LogP contribution in [0.15, 0.2) is 121 Å². The van der Waals surface area contributed by atoms with E-state index in [2.05, 4.69) is 121 Å². The van der Waals surface area contributed by atoms with E-state index in [0.29, 0.717) is 0 Å². The van der Waals surface area contributed by atoms with Crippen LogP contribution in [-0.4, -0.2) is 0 Å². The SMILES string of the molecule is c1ccc2sc3c(sc2c1)c1c2sc4ccccc4sc2c2c4sc5ccccc5sc4c4c5sc6ccccc6sc5c5c6sc7ccccc7sc6c3c3c1c2c4c53. The standard InChI is InChI=1S/C50H20S10/c1-2-12-22-21(11-1)51-41-36-31-32-34-35-33(31)38(45-43(36)53-23-13-3-4-14-24(23)55-45)47-49(59-28-18-8-7-17-27(28)57-47)40(35)50-48(58-29-19-9-10-20-30(29)60-50)39(34)46-44(37(32)42(41)52-22)54-25-15-5-6-16-26(25)56-46/h1-20H. The van der Waals surface area contributed by atoms with E-state index in [1.54, 1.807) is 0 Å². The second kappa shape index (κ2) is 11.8. The fourth-order valence-electron chi connectivity index (χ4n) is 9.83. The molecule has 0 N–H and O–H groups in total. The third-order valence-electron chi connectivity index (χ3n) is 12.2. The Balaban J connectivity index is 1.37. The molecule has 0 bridgehead atoms. The van der Waals surface area contributed by atoms with Crippen LogP contribution in [0.5, 0.6) is 0 Å². The molecule has 5 aromatic heterocycles. The molecule has 0 saturated carbocycles. The van der Waals surface area contributed by atoms with Gasteiger partial charge in [-0.25, -0.2) is 0 Å². The molecule has 0 fully saturated rings. The molecule has 0 atom stereocenters. The highest BCUT2D eigenvalue weighted by atomic mass is 32.1. The van der Waals surface area contributed by atoms with Crippen molar-refractivity contribution in [3.63, 3.8) is 0 Å². The van der Waals surface area contributed by atoms with Crippen LogP contribution in [0.2, 0.25) is 0 Å². The minimum atomic E-state index is 1.36. The maximum Gasteiger partial charge on any atom is 0.0549 e. The first-order valence-corrected chi connectivity index (χ1v) is 27.6. The van der Waals surface area contributed by atoms with Gasteiger partial charge in [-0.05, 0) is 60.7 Å². The molecular weight excluding hydrogens is 921 g/mol. The average molecular weight is 941 g/mol. The fourth-order valence-corrected chi connectivity index (χ4v) is 23.0. The zero-order chi connectivity index (χ0) is 38.5. The molecule has 280 valence electrons. The van der Waals surface area contributed by atoms with Gasteiger partial charge in [0.1, 0.15) is 0 Å². The van der Waals surface area contributed by atoms with Gasteiger partial charge in [-0.1, -0.05) is 60.7 Å². The maximum absolute atomic E-state index is 2.34. The number of hydrogen-bond acceptors (Lipinski definition) is 10. The van der Waals surface area contributed by atoms with Crippen molar-refractivity contribution >= 4 is 261 Å². The molecule has 0 amide bonds. The number of fused-ring (bicyclic) bond motifs is 20. The summed E-state index contributed by atoms with van der Waals surface area (Å²) in [5.41, 5.74) is 0.